The molecule has 0 amide bonds. The van der Waals surface area contributed by atoms with Gasteiger partial charge in [-0.1, -0.05) is 0 Å². The molecule has 2 bridgehead atoms. The van der Waals surface area contributed by atoms with Crippen molar-refractivity contribution >= 4 is 5.82 Å². The van der Waals surface area contributed by atoms with E-state index in [0.717, 1.165) is 38.2 Å². The topological polar surface area (TPSA) is 109 Å². The number of alkyl halides is 1. The highest BCUT2D eigenvalue weighted by atomic mass is 19.1. The monoisotopic (exact) mass is 481 g/mol. The van der Waals surface area contributed by atoms with E-state index in [1.54, 1.807) is 0 Å². The van der Waals surface area contributed by atoms with E-state index >= 15 is 4.39 Å². The summed E-state index contributed by atoms with van der Waals surface area (Å²) in [6.45, 7) is 0. The first-order valence-corrected chi connectivity index (χ1v) is 11.8. The fourth-order valence-electron chi connectivity index (χ4n) is 5.27. The number of phenols is 1. The second-order valence-electron chi connectivity index (χ2n) is 9.37. The molecule has 3 aromatic rings. The second kappa shape index (κ2) is 8.63. The van der Waals surface area contributed by atoms with Gasteiger partial charge in [0.15, 0.2) is 11.6 Å². The van der Waals surface area contributed by atoms with Crippen LogP contribution in [0.15, 0.2) is 30.7 Å². The summed E-state index contributed by atoms with van der Waals surface area (Å²) in [6.07, 6.45) is 6.34. The van der Waals surface area contributed by atoms with Crippen LogP contribution in [0.2, 0.25) is 0 Å². The van der Waals surface area contributed by atoms with Gasteiger partial charge in [-0.25, -0.2) is 23.7 Å². The number of rotatable bonds is 6. The molecule has 4 heterocycles. The largest absolute Gasteiger partial charge is 0.507 e. The number of fused-ring (bicyclic) bond motifs is 2. The highest BCUT2D eigenvalue weighted by molar-refractivity contribution is 5.72. The minimum absolute atomic E-state index is 0.0786. The van der Waals surface area contributed by atoms with Crippen LogP contribution in [0.5, 0.6) is 11.6 Å². The minimum atomic E-state index is -0.984. The summed E-state index contributed by atoms with van der Waals surface area (Å²) in [5.74, 6) is 0.0333. The first kappa shape index (κ1) is 22.0. The number of anilines is 1. The van der Waals surface area contributed by atoms with Gasteiger partial charge in [0.25, 0.3) is 0 Å². The van der Waals surface area contributed by atoms with E-state index in [2.05, 4.69) is 30.5 Å². The zero-order valence-corrected chi connectivity index (χ0v) is 19.1. The molecule has 1 aliphatic carbocycles. The maximum Gasteiger partial charge on any atom is 0.216 e. The van der Waals surface area contributed by atoms with Crippen LogP contribution in [0.4, 0.5) is 14.6 Å². The quantitative estimate of drug-likeness (QED) is 0.549. The summed E-state index contributed by atoms with van der Waals surface area (Å²) >= 11 is 0. The summed E-state index contributed by atoms with van der Waals surface area (Å²) in [4.78, 5) is 14.4. The molecule has 2 aromatic heterocycles. The number of aromatic hydroxyl groups is 1. The molecular weight excluding hydrogens is 456 g/mol. The van der Waals surface area contributed by atoms with Crippen molar-refractivity contribution in [1.82, 2.24) is 30.5 Å². The Balaban J connectivity index is 1.28. The number of benzene rings is 1. The fourth-order valence-corrected chi connectivity index (χ4v) is 5.27. The first-order chi connectivity index (χ1) is 17.0. The highest BCUT2D eigenvalue weighted by Gasteiger charge is 2.48. The molecule has 35 heavy (non-hydrogen) atoms. The van der Waals surface area contributed by atoms with Crippen molar-refractivity contribution in [3.05, 3.63) is 36.5 Å². The van der Waals surface area contributed by atoms with Gasteiger partial charge in [-0.05, 0) is 44.2 Å². The molecule has 3 aliphatic rings. The maximum absolute atomic E-state index is 15.3. The van der Waals surface area contributed by atoms with Gasteiger partial charge in [0.1, 0.15) is 24.1 Å². The number of nitrogens with zero attached hydrogens (tertiary/aromatic N) is 6. The van der Waals surface area contributed by atoms with Gasteiger partial charge in [-0.15, -0.1) is 10.2 Å². The molecule has 1 aromatic carbocycles. The van der Waals surface area contributed by atoms with Crippen molar-refractivity contribution in [3.8, 4) is 34.3 Å². The highest BCUT2D eigenvalue weighted by Crippen LogP contribution is 2.40. The summed E-state index contributed by atoms with van der Waals surface area (Å²) in [5, 5.41) is 22.5. The molecular formula is C24H25F2N7O2. The Morgan fingerprint density at radius 1 is 1.06 bits per heavy atom. The third-order valence-corrected chi connectivity index (χ3v) is 7.12. The number of ether oxygens (including phenoxy) is 1. The third-order valence-electron chi connectivity index (χ3n) is 7.12. The van der Waals surface area contributed by atoms with Crippen molar-refractivity contribution in [3.63, 3.8) is 0 Å². The van der Waals surface area contributed by atoms with Crippen LogP contribution in [0.25, 0.3) is 22.6 Å². The lowest BCUT2D eigenvalue weighted by molar-refractivity contribution is 0.171. The van der Waals surface area contributed by atoms with Crippen LogP contribution in [0.1, 0.15) is 32.1 Å². The molecule has 2 N–H and O–H groups in total. The number of hydrogen-bond acceptors (Lipinski definition) is 9. The SMILES string of the molecule is COc1cc(-c2cc(O)c(-c3ncc(N(C4CC4)C4CC5CCC(N5)C4F)nn3)cc2F)ncn1. The predicted octanol–water partition coefficient (Wildman–Crippen LogP) is 3.05. The van der Waals surface area contributed by atoms with E-state index in [1.165, 1.54) is 31.8 Å². The smallest absolute Gasteiger partial charge is 0.216 e. The lowest BCUT2D eigenvalue weighted by Crippen LogP contribution is -2.57. The normalized spacial score (nSPS) is 25.5. The number of phenolic OH excluding ortho intramolecular Hbond substituents is 1. The summed E-state index contributed by atoms with van der Waals surface area (Å²) in [6, 6.07) is 4.06. The van der Waals surface area contributed by atoms with Crippen LogP contribution in [-0.4, -0.2) is 67.7 Å². The standard InChI is InChI=1S/C24H25F2N7O2/c1-35-22-9-18(28-11-29-22)14-8-20(34)15(7-16(14)25)24-27-10-21(31-32-24)33(13-3-4-13)19-6-12-2-5-17(30-12)23(19)26/h7-13,17,19,23,30,34H,2-6H2,1H3. The van der Waals surface area contributed by atoms with Crippen molar-refractivity contribution in [2.45, 2.75) is 62.4 Å². The van der Waals surface area contributed by atoms with Crippen molar-refractivity contribution in [2.75, 3.05) is 12.0 Å². The minimum Gasteiger partial charge on any atom is -0.507 e. The Labute approximate surface area is 200 Å². The number of piperidine rings is 1. The van der Waals surface area contributed by atoms with E-state index < -0.39 is 12.0 Å². The number of hydrogen-bond donors (Lipinski definition) is 2. The molecule has 2 aliphatic heterocycles. The van der Waals surface area contributed by atoms with E-state index in [1.807, 2.05) is 4.90 Å². The van der Waals surface area contributed by atoms with Gasteiger partial charge in [-0.2, -0.15) is 0 Å². The van der Waals surface area contributed by atoms with Crippen LogP contribution in [-0.2, 0) is 0 Å². The van der Waals surface area contributed by atoms with Crippen molar-refractivity contribution in [1.29, 1.82) is 0 Å². The number of halogens is 2. The van der Waals surface area contributed by atoms with Gasteiger partial charge in [0.2, 0.25) is 5.88 Å². The van der Waals surface area contributed by atoms with E-state index in [4.69, 9.17) is 4.74 Å². The zero-order chi connectivity index (χ0) is 24.1. The average molecular weight is 482 g/mol. The molecule has 1 saturated carbocycles. The van der Waals surface area contributed by atoms with Gasteiger partial charge in [0, 0.05) is 29.8 Å². The molecule has 182 valence electrons. The number of aromatic nitrogens is 5. The molecule has 0 spiro atoms. The van der Waals surface area contributed by atoms with Crippen LogP contribution >= 0.6 is 0 Å². The molecule has 4 unspecified atom stereocenters. The van der Waals surface area contributed by atoms with Crippen LogP contribution < -0.4 is 15.0 Å². The Hall–Kier alpha value is -3.47. The van der Waals surface area contributed by atoms with Crippen molar-refractivity contribution < 1.29 is 18.6 Å². The van der Waals surface area contributed by atoms with E-state index in [-0.39, 0.29) is 52.4 Å². The third kappa shape index (κ3) is 4.03. The molecule has 4 atom stereocenters. The fraction of sp³-hybridized carbons (Fsp3) is 0.458. The summed E-state index contributed by atoms with van der Waals surface area (Å²) in [7, 11) is 1.45. The second-order valence-corrected chi connectivity index (χ2v) is 9.37. The Bertz CT molecular complexity index is 1240. The summed E-state index contributed by atoms with van der Waals surface area (Å²) < 4.78 is 35.3. The van der Waals surface area contributed by atoms with E-state index in [9.17, 15) is 9.50 Å². The number of methoxy groups -OCH3 is 1. The Morgan fingerprint density at radius 2 is 1.91 bits per heavy atom. The first-order valence-electron chi connectivity index (χ1n) is 11.8. The lowest BCUT2D eigenvalue weighted by atomic mass is 9.96. The van der Waals surface area contributed by atoms with Gasteiger partial charge >= 0.3 is 0 Å². The van der Waals surface area contributed by atoms with Crippen LogP contribution in [0, 0.1) is 5.82 Å². The molecule has 9 nitrogen and oxygen atoms in total. The molecule has 2 saturated heterocycles. The maximum atomic E-state index is 15.3. The molecule has 6 rings (SSSR count). The molecule has 3 fully saturated rings. The van der Waals surface area contributed by atoms with Gasteiger partial charge in [0.05, 0.1) is 30.6 Å². The number of nitrogens with one attached hydrogen (secondary N) is 1. The predicted molar refractivity (Wildman–Crippen MR) is 123 cm³/mol. The van der Waals surface area contributed by atoms with Crippen molar-refractivity contribution in [2.24, 2.45) is 0 Å². The zero-order valence-electron chi connectivity index (χ0n) is 19.1. The molecule has 0 radical (unpaired) electrons. The van der Waals surface area contributed by atoms with Gasteiger partial charge in [-0.3, -0.25) is 0 Å². The van der Waals surface area contributed by atoms with Crippen LogP contribution in [0.3, 0.4) is 0 Å². The molecule has 11 heteroatoms. The Morgan fingerprint density at radius 3 is 2.66 bits per heavy atom. The summed E-state index contributed by atoms with van der Waals surface area (Å²) in [5.41, 5.74) is 0.459. The average Bonchev–Trinajstić information content (AvgIpc) is 3.63. The Kier molecular flexibility index (Phi) is 5.43. The van der Waals surface area contributed by atoms with Gasteiger partial charge < -0.3 is 20.1 Å². The lowest BCUT2D eigenvalue weighted by Gasteiger charge is -2.40. The van der Waals surface area contributed by atoms with E-state index in [0.29, 0.717) is 11.9 Å².